The molecule has 84 valence electrons. The molecule has 0 saturated heterocycles. The Bertz CT molecular complexity index is 175. The van der Waals surface area contributed by atoms with Crippen LogP contribution in [0.2, 0.25) is 0 Å². The van der Waals surface area contributed by atoms with Crippen molar-refractivity contribution in [3.8, 4) is 0 Å². The second-order valence-corrected chi connectivity index (χ2v) is 6.64. The molecule has 2 atom stereocenters. The molecule has 1 saturated carbocycles. The molecular weight excluding hydrogens is 168 g/mol. The van der Waals surface area contributed by atoms with Crippen molar-refractivity contribution >= 4 is 0 Å². The molecular formula is C14H28. The first-order valence-corrected chi connectivity index (χ1v) is 6.40. The number of hydrogen-bond acceptors (Lipinski definition) is 0. The Hall–Kier alpha value is 0. The van der Waals surface area contributed by atoms with Crippen LogP contribution in [0.1, 0.15) is 73.1 Å². The van der Waals surface area contributed by atoms with Crippen molar-refractivity contribution in [2.75, 3.05) is 0 Å². The summed E-state index contributed by atoms with van der Waals surface area (Å²) >= 11 is 0. The van der Waals surface area contributed by atoms with Crippen LogP contribution in [0.25, 0.3) is 0 Å². The fourth-order valence-electron chi connectivity index (χ4n) is 3.59. The van der Waals surface area contributed by atoms with E-state index in [-0.39, 0.29) is 0 Å². The Morgan fingerprint density at radius 1 is 1.29 bits per heavy atom. The van der Waals surface area contributed by atoms with Crippen molar-refractivity contribution in [2.45, 2.75) is 73.1 Å². The van der Waals surface area contributed by atoms with E-state index < -0.39 is 0 Å². The first kappa shape index (κ1) is 12.1. The molecule has 1 rings (SSSR count). The van der Waals surface area contributed by atoms with Crippen LogP contribution < -0.4 is 0 Å². The highest BCUT2D eigenvalue weighted by atomic mass is 14.5. The highest BCUT2D eigenvalue weighted by Crippen LogP contribution is 2.52. The van der Waals surface area contributed by atoms with Crippen LogP contribution in [0.4, 0.5) is 0 Å². The van der Waals surface area contributed by atoms with E-state index in [0.29, 0.717) is 10.8 Å². The summed E-state index contributed by atoms with van der Waals surface area (Å²) in [6, 6.07) is 0. The minimum Gasteiger partial charge on any atom is -0.0654 e. The van der Waals surface area contributed by atoms with E-state index in [0.717, 1.165) is 5.92 Å². The second-order valence-electron chi connectivity index (χ2n) is 6.64. The monoisotopic (exact) mass is 196 g/mol. The molecule has 0 spiro atoms. The average molecular weight is 196 g/mol. The molecule has 0 amide bonds. The largest absolute Gasteiger partial charge is 0.0654 e. The van der Waals surface area contributed by atoms with Gasteiger partial charge in [0, 0.05) is 0 Å². The molecule has 1 aliphatic rings. The zero-order valence-corrected chi connectivity index (χ0v) is 10.8. The van der Waals surface area contributed by atoms with Crippen molar-refractivity contribution in [1.29, 1.82) is 0 Å². The molecule has 0 aromatic rings. The highest BCUT2D eigenvalue weighted by Gasteiger charge is 2.41. The van der Waals surface area contributed by atoms with Crippen LogP contribution in [0, 0.1) is 16.7 Å². The van der Waals surface area contributed by atoms with Crippen LogP contribution in [0.3, 0.4) is 0 Å². The van der Waals surface area contributed by atoms with Crippen molar-refractivity contribution in [1.82, 2.24) is 0 Å². The lowest BCUT2D eigenvalue weighted by molar-refractivity contribution is 0.113. The summed E-state index contributed by atoms with van der Waals surface area (Å²) in [5.41, 5.74) is 1.20. The van der Waals surface area contributed by atoms with Gasteiger partial charge in [-0.3, -0.25) is 0 Å². The maximum atomic E-state index is 2.48. The van der Waals surface area contributed by atoms with E-state index in [1.807, 2.05) is 0 Å². The van der Waals surface area contributed by atoms with Gasteiger partial charge in [0.15, 0.2) is 0 Å². The van der Waals surface area contributed by atoms with Gasteiger partial charge in [0.1, 0.15) is 0 Å². The zero-order valence-electron chi connectivity index (χ0n) is 10.8. The smallest absolute Gasteiger partial charge is 0.0267 e. The SMILES string of the molecule is CCCC1(CC(C)(C)C)CCCC1C. The molecule has 0 bridgehead atoms. The maximum Gasteiger partial charge on any atom is -0.0267 e. The molecule has 1 aliphatic carbocycles. The van der Waals surface area contributed by atoms with E-state index in [2.05, 4.69) is 34.6 Å². The molecule has 2 unspecified atom stereocenters. The van der Waals surface area contributed by atoms with Crippen LogP contribution >= 0.6 is 0 Å². The topological polar surface area (TPSA) is 0 Å². The van der Waals surface area contributed by atoms with Crippen LogP contribution in [-0.2, 0) is 0 Å². The molecule has 0 aromatic heterocycles. The zero-order chi connectivity index (χ0) is 10.8. The first-order valence-electron chi connectivity index (χ1n) is 6.40. The third kappa shape index (κ3) is 2.74. The van der Waals surface area contributed by atoms with E-state index in [1.54, 1.807) is 0 Å². The molecule has 0 radical (unpaired) electrons. The first-order chi connectivity index (χ1) is 6.40. The summed E-state index contributed by atoms with van der Waals surface area (Å²) in [7, 11) is 0. The van der Waals surface area contributed by atoms with Gasteiger partial charge >= 0.3 is 0 Å². The molecule has 0 aromatic carbocycles. The van der Waals surface area contributed by atoms with Gasteiger partial charge in [0.05, 0.1) is 0 Å². The normalized spacial score (nSPS) is 33.6. The van der Waals surface area contributed by atoms with Gasteiger partial charge in [-0.05, 0) is 36.0 Å². The van der Waals surface area contributed by atoms with Gasteiger partial charge in [-0.2, -0.15) is 0 Å². The van der Waals surface area contributed by atoms with E-state index in [1.165, 1.54) is 38.5 Å². The minimum atomic E-state index is 0.508. The third-order valence-electron chi connectivity index (χ3n) is 3.99. The Balaban J connectivity index is 2.71. The molecule has 0 heteroatoms. The quantitative estimate of drug-likeness (QED) is 0.594. The van der Waals surface area contributed by atoms with Crippen molar-refractivity contribution in [3.63, 3.8) is 0 Å². The third-order valence-corrected chi connectivity index (χ3v) is 3.99. The lowest BCUT2D eigenvalue weighted by Crippen LogP contribution is -2.29. The van der Waals surface area contributed by atoms with Crippen LogP contribution in [0.15, 0.2) is 0 Å². The summed E-state index contributed by atoms with van der Waals surface area (Å²) in [5, 5.41) is 0. The fourth-order valence-corrected chi connectivity index (χ4v) is 3.59. The Labute approximate surface area is 90.5 Å². The molecule has 0 N–H and O–H groups in total. The Morgan fingerprint density at radius 3 is 2.29 bits per heavy atom. The maximum absolute atomic E-state index is 2.48. The van der Waals surface area contributed by atoms with Crippen molar-refractivity contribution in [3.05, 3.63) is 0 Å². The lowest BCUT2D eigenvalue weighted by Gasteiger charge is -2.39. The summed E-state index contributed by atoms with van der Waals surface area (Å²) in [4.78, 5) is 0. The van der Waals surface area contributed by atoms with Gasteiger partial charge in [-0.15, -0.1) is 0 Å². The standard InChI is InChI=1S/C14H28/c1-6-9-14(11-13(3,4)5)10-7-8-12(14)2/h12H,6-11H2,1-5H3. The van der Waals surface area contributed by atoms with Crippen LogP contribution in [0.5, 0.6) is 0 Å². The van der Waals surface area contributed by atoms with E-state index in [9.17, 15) is 0 Å². The van der Waals surface area contributed by atoms with Gasteiger partial charge in [-0.1, -0.05) is 53.9 Å². The van der Waals surface area contributed by atoms with Gasteiger partial charge in [-0.25, -0.2) is 0 Å². The van der Waals surface area contributed by atoms with Crippen molar-refractivity contribution in [2.24, 2.45) is 16.7 Å². The minimum absolute atomic E-state index is 0.508. The number of hydrogen-bond donors (Lipinski definition) is 0. The summed E-state index contributed by atoms with van der Waals surface area (Å²) in [6.45, 7) is 12.0. The van der Waals surface area contributed by atoms with Crippen molar-refractivity contribution < 1.29 is 0 Å². The summed E-state index contributed by atoms with van der Waals surface area (Å²) in [6.07, 6.45) is 8.66. The van der Waals surface area contributed by atoms with E-state index in [4.69, 9.17) is 0 Å². The highest BCUT2D eigenvalue weighted by molar-refractivity contribution is 4.92. The second kappa shape index (κ2) is 4.24. The van der Waals surface area contributed by atoms with Gasteiger partial charge in [0.2, 0.25) is 0 Å². The van der Waals surface area contributed by atoms with Gasteiger partial charge in [0.25, 0.3) is 0 Å². The average Bonchev–Trinajstić information content (AvgIpc) is 2.30. The number of rotatable bonds is 3. The predicted octanol–water partition coefficient (Wildman–Crippen LogP) is 5.03. The molecule has 0 aliphatic heterocycles. The molecule has 0 nitrogen and oxygen atoms in total. The van der Waals surface area contributed by atoms with Crippen LogP contribution in [-0.4, -0.2) is 0 Å². The Kier molecular flexibility index (Phi) is 3.66. The molecule has 14 heavy (non-hydrogen) atoms. The molecule has 0 heterocycles. The van der Waals surface area contributed by atoms with E-state index >= 15 is 0 Å². The molecule has 1 fully saturated rings. The summed E-state index contributed by atoms with van der Waals surface area (Å²) < 4.78 is 0. The Morgan fingerprint density at radius 2 is 1.93 bits per heavy atom. The summed E-state index contributed by atoms with van der Waals surface area (Å²) in [5.74, 6) is 0.960. The van der Waals surface area contributed by atoms with Gasteiger partial charge < -0.3 is 0 Å². The fraction of sp³-hybridized carbons (Fsp3) is 1.00. The predicted molar refractivity (Wildman–Crippen MR) is 64.4 cm³/mol. The lowest BCUT2D eigenvalue weighted by atomic mass is 9.66.